The van der Waals surface area contributed by atoms with E-state index in [1.54, 1.807) is 36.4 Å². The molecule has 0 aliphatic rings. The van der Waals surface area contributed by atoms with Crippen LogP contribution >= 0.6 is 23.2 Å². The molecule has 7 nitrogen and oxygen atoms in total. The maximum Gasteiger partial charge on any atom is 0.264 e. The lowest BCUT2D eigenvalue weighted by atomic mass is 10.1. The number of nitrogens with zero attached hydrogens (tertiary/aromatic N) is 2. The second-order valence-corrected chi connectivity index (χ2v) is 13.2. The molecule has 3 aromatic carbocycles. The number of benzene rings is 3. The summed E-state index contributed by atoms with van der Waals surface area (Å²) in [6.45, 7) is 9.66. The van der Waals surface area contributed by atoms with E-state index in [0.29, 0.717) is 28.7 Å². The number of nitrogens with one attached hydrogen (secondary N) is 1. The fourth-order valence-corrected chi connectivity index (χ4v) is 5.93. The van der Waals surface area contributed by atoms with Crippen LogP contribution in [0.3, 0.4) is 0 Å². The predicted molar refractivity (Wildman–Crippen MR) is 166 cm³/mol. The molecule has 0 radical (unpaired) electrons. The molecule has 0 spiro atoms. The quantitative estimate of drug-likeness (QED) is 0.255. The molecular formula is C31H37Cl2N3O4S. The average molecular weight is 619 g/mol. The smallest absolute Gasteiger partial charge is 0.264 e. The molecule has 0 saturated carbocycles. The van der Waals surface area contributed by atoms with E-state index in [2.05, 4.69) is 5.32 Å². The molecule has 0 unspecified atom stereocenters. The average Bonchev–Trinajstić information content (AvgIpc) is 2.93. The summed E-state index contributed by atoms with van der Waals surface area (Å²) in [5, 5.41) is 3.86. The molecule has 220 valence electrons. The standard InChI is InChI=1S/C31H37Cl2N3O4S/c1-6-29(31(38)34-18-21(2)3)35(19-24-8-10-25(32)11-9-24)30(37)20-36(27-14-7-22(4)23(5)17-27)41(39,40)28-15-12-26(33)13-16-28/h7-17,21,29H,6,18-20H2,1-5H3,(H,34,38)/t29-/m1/s1. The van der Waals surface area contributed by atoms with E-state index in [4.69, 9.17) is 23.2 Å². The zero-order chi connectivity index (χ0) is 30.3. The SMILES string of the molecule is CC[C@H](C(=O)NCC(C)C)N(Cc1ccc(Cl)cc1)C(=O)CN(c1ccc(C)c(C)c1)S(=O)(=O)c1ccc(Cl)cc1. The van der Waals surface area contributed by atoms with Crippen molar-refractivity contribution < 1.29 is 18.0 Å². The topological polar surface area (TPSA) is 86.8 Å². The second-order valence-electron chi connectivity index (χ2n) is 10.4. The first-order chi connectivity index (χ1) is 19.3. The number of hydrogen-bond donors (Lipinski definition) is 1. The minimum absolute atomic E-state index is 0.00102. The number of carbonyl (C=O) groups excluding carboxylic acids is 2. The highest BCUT2D eigenvalue weighted by Crippen LogP contribution is 2.27. The van der Waals surface area contributed by atoms with Crippen LogP contribution in [0.15, 0.2) is 71.6 Å². The van der Waals surface area contributed by atoms with Crippen LogP contribution in [0.1, 0.15) is 43.9 Å². The summed E-state index contributed by atoms with van der Waals surface area (Å²) in [5.74, 6) is -0.578. The van der Waals surface area contributed by atoms with Gasteiger partial charge in [0, 0.05) is 23.1 Å². The number of rotatable bonds is 12. The van der Waals surface area contributed by atoms with E-state index in [-0.39, 0.29) is 23.3 Å². The van der Waals surface area contributed by atoms with Crippen molar-refractivity contribution in [2.24, 2.45) is 5.92 Å². The zero-order valence-electron chi connectivity index (χ0n) is 24.0. The van der Waals surface area contributed by atoms with Gasteiger partial charge >= 0.3 is 0 Å². The highest BCUT2D eigenvalue weighted by Gasteiger charge is 2.33. The maximum absolute atomic E-state index is 14.1. The maximum atomic E-state index is 14.1. The molecule has 0 aromatic heterocycles. The van der Waals surface area contributed by atoms with Gasteiger partial charge in [-0.15, -0.1) is 0 Å². The lowest BCUT2D eigenvalue weighted by Gasteiger charge is -2.33. The molecule has 0 bridgehead atoms. The summed E-state index contributed by atoms with van der Waals surface area (Å²) in [7, 11) is -4.17. The van der Waals surface area contributed by atoms with Gasteiger partial charge in [-0.25, -0.2) is 8.42 Å². The van der Waals surface area contributed by atoms with Gasteiger partial charge in [0.2, 0.25) is 11.8 Å². The van der Waals surface area contributed by atoms with E-state index in [0.717, 1.165) is 21.0 Å². The minimum atomic E-state index is -4.17. The molecule has 0 fully saturated rings. The Kier molecular flexibility index (Phi) is 11.2. The summed E-state index contributed by atoms with van der Waals surface area (Å²) >= 11 is 12.1. The van der Waals surface area contributed by atoms with Gasteiger partial charge in [-0.05, 0) is 91.4 Å². The Labute approximate surface area is 253 Å². The molecule has 0 saturated heterocycles. The normalized spacial score (nSPS) is 12.2. The monoisotopic (exact) mass is 617 g/mol. The number of carbonyl (C=O) groups is 2. The van der Waals surface area contributed by atoms with Crippen molar-refractivity contribution in [1.29, 1.82) is 0 Å². The van der Waals surface area contributed by atoms with Crippen molar-refractivity contribution in [2.75, 3.05) is 17.4 Å². The molecule has 41 heavy (non-hydrogen) atoms. The van der Waals surface area contributed by atoms with Gasteiger partial charge in [0.05, 0.1) is 10.6 Å². The third kappa shape index (κ3) is 8.47. The number of anilines is 1. The Morgan fingerprint density at radius 2 is 1.46 bits per heavy atom. The van der Waals surface area contributed by atoms with Crippen LogP contribution in [0.4, 0.5) is 5.69 Å². The number of sulfonamides is 1. The molecule has 0 heterocycles. The summed E-state index contributed by atoms with van der Waals surface area (Å²) in [6.07, 6.45) is 0.344. The molecule has 1 atom stereocenters. The Balaban J connectivity index is 2.06. The van der Waals surface area contributed by atoms with Crippen LogP contribution in [0.2, 0.25) is 10.0 Å². The lowest BCUT2D eigenvalue weighted by Crippen LogP contribution is -2.52. The number of aryl methyl sites for hydroxylation is 2. The van der Waals surface area contributed by atoms with E-state index < -0.39 is 28.5 Å². The van der Waals surface area contributed by atoms with Gasteiger partial charge in [0.25, 0.3) is 10.0 Å². The first-order valence-corrected chi connectivity index (χ1v) is 15.7. The van der Waals surface area contributed by atoms with Crippen LogP contribution < -0.4 is 9.62 Å². The van der Waals surface area contributed by atoms with Gasteiger partial charge in [-0.2, -0.15) is 0 Å². The van der Waals surface area contributed by atoms with Gasteiger partial charge in [0.15, 0.2) is 0 Å². The molecule has 3 aromatic rings. The summed E-state index contributed by atoms with van der Waals surface area (Å²) in [6, 6.07) is 17.2. The zero-order valence-corrected chi connectivity index (χ0v) is 26.4. The van der Waals surface area contributed by atoms with Gasteiger partial charge < -0.3 is 10.2 Å². The van der Waals surface area contributed by atoms with Crippen LogP contribution in [-0.2, 0) is 26.2 Å². The third-order valence-corrected chi connectivity index (χ3v) is 9.09. The molecule has 2 amide bonds. The van der Waals surface area contributed by atoms with Gasteiger partial charge in [-0.3, -0.25) is 13.9 Å². The van der Waals surface area contributed by atoms with Crippen molar-refractivity contribution in [3.8, 4) is 0 Å². The molecule has 0 aliphatic heterocycles. The Morgan fingerprint density at radius 1 is 0.878 bits per heavy atom. The summed E-state index contributed by atoms with van der Waals surface area (Å²) < 4.78 is 29.0. The van der Waals surface area contributed by atoms with E-state index in [1.165, 1.54) is 29.2 Å². The molecule has 0 aliphatic carbocycles. The van der Waals surface area contributed by atoms with Gasteiger partial charge in [-0.1, -0.05) is 62.2 Å². The predicted octanol–water partition coefficient (Wildman–Crippen LogP) is 6.39. The lowest BCUT2D eigenvalue weighted by molar-refractivity contribution is -0.140. The minimum Gasteiger partial charge on any atom is -0.354 e. The van der Waals surface area contributed by atoms with E-state index in [9.17, 15) is 18.0 Å². The van der Waals surface area contributed by atoms with Crippen molar-refractivity contribution in [3.05, 3.63) is 93.5 Å². The number of amides is 2. The van der Waals surface area contributed by atoms with Crippen LogP contribution in [0.25, 0.3) is 0 Å². The van der Waals surface area contributed by atoms with Crippen molar-refractivity contribution in [1.82, 2.24) is 10.2 Å². The highest BCUT2D eigenvalue weighted by molar-refractivity contribution is 7.92. The van der Waals surface area contributed by atoms with Crippen LogP contribution in [-0.4, -0.2) is 44.3 Å². The third-order valence-electron chi connectivity index (χ3n) is 6.80. The Morgan fingerprint density at radius 3 is 2.00 bits per heavy atom. The fraction of sp³-hybridized carbons (Fsp3) is 0.355. The molecular weight excluding hydrogens is 581 g/mol. The molecule has 3 rings (SSSR count). The summed E-state index contributed by atoms with van der Waals surface area (Å²) in [4.78, 5) is 28.9. The van der Waals surface area contributed by atoms with Crippen molar-refractivity contribution in [2.45, 2.75) is 58.5 Å². The summed E-state index contributed by atoms with van der Waals surface area (Å²) in [5.41, 5.74) is 2.97. The van der Waals surface area contributed by atoms with Crippen LogP contribution in [0.5, 0.6) is 0 Å². The second kappa shape index (κ2) is 14.2. The highest BCUT2D eigenvalue weighted by atomic mass is 35.5. The molecule has 10 heteroatoms. The Hall–Kier alpha value is -3.07. The fourth-order valence-electron chi connectivity index (χ4n) is 4.27. The van der Waals surface area contributed by atoms with Crippen molar-refractivity contribution >= 4 is 50.7 Å². The first kappa shape index (κ1) is 32.4. The molecule has 1 N–H and O–H groups in total. The van der Waals surface area contributed by atoms with Crippen molar-refractivity contribution in [3.63, 3.8) is 0 Å². The number of halogens is 2. The van der Waals surface area contributed by atoms with Gasteiger partial charge in [0.1, 0.15) is 12.6 Å². The number of hydrogen-bond acceptors (Lipinski definition) is 4. The van der Waals surface area contributed by atoms with E-state index >= 15 is 0 Å². The Bertz CT molecular complexity index is 1460. The largest absolute Gasteiger partial charge is 0.354 e. The van der Waals surface area contributed by atoms with E-state index in [1.807, 2.05) is 40.7 Å². The van der Waals surface area contributed by atoms with Crippen LogP contribution in [0, 0.1) is 19.8 Å². The first-order valence-electron chi connectivity index (χ1n) is 13.5.